The van der Waals surface area contributed by atoms with Crippen molar-refractivity contribution in [2.45, 2.75) is 0 Å². The molecule has 0 amide bonds. The van der Waals surface area contributed by atoms with Crippen molar-refractivity contribution in [1.29, 1.82) is 0 Å². The Hall–Kier alpha value is -1.39. The second kappa shape index (κ2) is 4.42. The molecule has 0 fully saturated rings. The highest BCUT2D eigenvalue weighted by Gasteiger charge is 1.98. The monoisotopic (exact) mass is 240 g/mol. The number of benzene rings is 1. The van der Waals surface area contributed by atoms with E-state index in [-0.39, 0.29) is 0 Å². The van der Waals surface area contributed by atoms with Gasteiger partial charge in [0.15, 0.2) is 0 Å². The van der Waals surface area contributed by atoms with Gasteiger partial charge in [0.2, 0.25) is 5.95 Å². The van der Waals surface area contributed by atoms with Crippen molar-refractivity contribution in [3.05, 3.63) is 40.1 Å². The van der Waals surface area contributed by atoms with Gasteiger partial charge in [0, 0.05) is 16.8 Å². The highest BCUT2D eigenvalue weighted by molar-refractivity contribution is 6.36. The van der Waals surface area contributed by atoms with Gasteiger partial charge in [-0.15, -0.1) is 0 Å². The summed E-state index contributed by atoms with van der Waals surface area (Å²) >= 11 is 11.7. The molecule has 76 valence electrons. The summed E-state index contributed by atoms with van der Waals surface area (Å²) in [5.41, 5.74) is 0.775. The van der Waals surface area contributed by atoms with E-state index < -0.39 is 0 Å². The summed E-state index contributed by atoms with van der Waals surface area (Å²) in [7, 11) is 0. The van der Waals surface area contributed by atoms with Crippen molar-refractivity contribution >= 4 is 35.4 Å². The van der Waals surface area contributed by atoms with Gasteiger partial charge in [-0.1, -0.05) is 29.3 Å². The summed E-state index contributed by atoms with van der Waals surface area (Å²) in [6.45, 7) is 0. The summed E-state index contributed by atoms with van der Waals surface area (Å²) in [5, 5.41) is 7.42. The molecule has 0 atom stereocenters. The van der Waals surface area contributed by atoms with Gasteiger partial charge in [0.25, 0.3) is 0 Å². The summed E-state index contributed by atoms with van der Waals surface area (Å²) < 4.78 is 0. The predicted molar refractivity (Wildman–Crippen MR) is 60.1 cm³/mol. The van der Waals surface area contributed by atoms with Crippen LogP contribution in [-0.2, 0) is 0 Å². The summed E-state index contributed by atoms with van der Waals surface area (Å²) in [4.78, 5) is 7.89. The molecule has 0 unspecified atom stereocenters. The molecule has 0 aliphatic rings. The normalized spacial score (nSPS) is 11.1. The third-order valence-electron chi connectivity index (χ3n) is 1.69. The second-order valence-corrected chi connectivity index (χ2v) is 3.58. The molecule has 0 radical (unpaired) electrons. The first-order valence-electron chi connectivity index (χ1n) is 4.10. The molecule has 0 saturated carbocycles. The number of aromatic amines is 1. The minimum atomic E-state index is 0.431. The molecule has 0 aliphatic carbocycles. The number of hydrogen-bond acceptors (Lipinski definition) is 3. The zero-order valence-corrected chi connectivity index (χ0v) is 9.00. The topological polar surface area (TPSA) is 53.9 Å². The number of halogens is 2. The minimum absolute atomic E-state index is 0.431. The van der Waals surface area contributed by atoms with E-state index in [1.54, 1.807) is 24.4 Å². The number of rotatable bonds is 2. The van der Waals surface area contributed by atoms with Gasteiger partial charge in [-0.2, -0.15) is 10.1 Å². The molecule has 4 nitrogen and oxygen atoms in total. The Balaban J connectivity index is 2.24. The lowest BCUT2D eigenvalue weighted by molar-refractivity contribution is 1.08. The molecule has 1 N–H and O–H groups in total. The van der Waals surface area contributed by atoms with E-state index in [0.29, 0.717) is 16.0 Å². The Morgan fingerprint density at radius 3 is 2.87 bits per heavy atom. The van der Waals surface area contributed by atoms with Crippen LogP contribution in [0, 0.1) is 0 Å². The van der Waals surface area contributed by atoms with Gasteiger partial charge in [-0.3, -0.25) is 0 Å². The van der Waals surface area contributed by atoms with Crippen LogP contribution < -0.4 is 0 Å². The molecular weight excluding hydrogens is 235 g/mol. The Labute approximate surface area is 96.0 Å². The highest BCUT2D eigenvalue weighted by atomic mass is 35.5. The Morgan fingerprint density at radius 2 is 2.20 bits per heavy atom. The number of hydrogen-bond donors (Lipinski definition) is 1. The maximum atomic E-state index is 5.95. The molecule has 0 aliphatic heterocycles. The van der Waals surface area contributed by atoms with Crippen LogP contribution in [-0.4, -0.2) is 21.4 Å². The summed E-state index contributed by atoms with van der Waals surface area (Å²) in [6, 6.07) is 5.19. The first-order valence-corrected chi connectivity index (χ1v) is 4.86. The van der Waals surface area contributed by atoms with E-state index in [1.165, 1.54) is 6.33 Å². The Bertz CT molecular complexity index is 479. The molecular formula is C9H6Cl2N4. The van der Waals surface area contributed by atoms with Crippen molar-refractivity contribution in [1.82, 2.24) is 15.2 Å². The molecule has 6 heteroatoms. The van der Waals surface area contributed by atoms with Crippen LogP contribution in [0.2, 0.25) is 10.0 Å². The molecule has 2 aromatic rings. The third kappa shape index (κ3) is 2.55. The van der Waals surface area contributed by atoms with Gasteiger partial charge in [0.05, 0.1) is 5.02 Å². The van der Waals surface area contributed by atoms with Gasteiger partial charge >= 0.3 is 0 Å². The van der Waals surface area contributed by atoms with Crippen LogP contribution in [0.1, 0.15) is 5.56 Å². The molecule has 2 rings (SSSR count). The molecule has 15 heavy (non-hydrogen) atoms. The fourth-order valence-corrected chi connectivity index (χ4v) is 1.46. The smallest absolute Gasteiger partial charge is 0.244 e. The van der Waals surface area contributed by atoms with Crippen LogP contribution in [0.3, 0.4) is 0 Å². The molecule has 0 saturated heterocycles. The predicted octanol–water partition coefficient (Wildman–Crippen LogP) is 2.86. The number of H-pyrrole nitrogens is 1. The maximum Gasteiger partial charge on any atom is 0.245 e. The number of aliphatic imine (C=N–C) groups is 1. The minimum Gasteiger partial charge on any atom is -0.244 e. The summed E-state index contributed by atoms with van der Waals surface area (Å²) in [6.07, 6.45) is 2.98. The van der Waals surface area contributed by atoms with Gasteiger partial charge in [-0.05, 0) is 12.1 Å². The highest BCUT2D eigenvalue weighted by Crippen LogP contribution is 2.19. The van der Waals surface area contributed by atoms with Crippen molar-refractivity contribution in [3.8, 4) is 0 Å². The fraction of sp³-hybridized carbons (Fsp3) is 0. The van der Waals surface area contributed by atoms with E-state index in [1.807, 2.05) is 0 Å². The van der Waals surface area contributed by atoms with Gasteiger partial charge < -0.3 is 0 Å². The average Bonchev–Trinajstić information content (AvgIpc) is 2.69. The lowest BCUT2D eigenvalue weighted by Gasteiger charge is -1.96. The van der Waals surface area contributed by atoms with Crippen molar-refractivity contribution in [3.63, 3.8) is 0 Å². The lowest BCUT2D eigenvalue weighted by atomic mass is 10.2. The van der Waals surface area contributed by atoms with Crippen LogP contribution >= 0.6 is 23.2 Å². The van der Waals surface area contributed by atoms with Crippen LogP contribution in [0.15, 0.2) is 29.5 Å². The quantitative estimate of drug-likeness (QED) is 0.822. The third-order valence-corrected chi connectivity index (χ3v) is 2.25. The first kappa shape index (κ1) is 10.1. The Kier molecular flexibility index (Phi) is 2.99. The maximum absolute atomic E-state index is 5.95. The van der Waals surface area contributed by atoms with Crippen molar-refractivity contribution in [2.24, 2.45) is 4.99 Å². The largest absolute Gasteiger partial charge is 0.245 e. The molecule has 0 bridgehead atoms. The van der Waals surface area contributed by atoms with Crippen molar-refractivity contribution < 1.29 is 0 Å². The SMILES string of the molecule is Clc1ccc(/C=N\c2ncn[nH]2)c(Cl)c1. The summed E-state index contributed by atoms with van der Waals surface area (Å²) in [5.74, 6) is 0.431. The first-order chi connectivity index (χ1) is 7.25. The number of aromatic nitrogens is 3. The van der Waals surface area contributed by atoms with E-state index in [2.05, 4.69) is 20.2 Å². The zero-order valence-electron chi connectivity index (χ0n) is 7.48. The Morgan fingerprint density at radius 1 is 1.33 bits per heavy atom. The van der Waals surface area contributed by atoms with E-state index in [0.717, 1.165) is 5.56 Å². The second-order valence-electron chi connectivity index (χ2n) is 2.73. The molecule has 1 heterocycles. The van der Waals surface area contributed by atoms with Crippen molar-refractivity contribution in [2.75, 3.05) is 0 Å². The van der Waals surface area contributed by atoms with E-state index >= 15 is 0 Å². The lowest BCUT2D eigenvalue weighted by Crippen LogP contribution is -1.82. The van der Waals surface area contributed by atoms with E-state index in [4.69, 9.17) is 23.2 Å². The fourth-order valence-electron chi connectivity index (χ4n) is 0.998. The molecule has 1 aromatic carbocycles. The van der Waals surface area contributed by atoms with Crippen LogP contribution in [0.4, 0.5) is 5.95 Å². The number of nitrogens with one attached hydrogen (secondary N) is 1. The van der Waals surface area contributed by atoms with Crippen LogP contribution in [0.5, 0.6) is 0 Å². The van der Waals surface area contributed by atoms with Gasteiger partial charge in [0.1, 0.15) is 6.33 Å². The molecule has 0 spiro atoms. The zero-order chi connectivity index (χ0) is 10.7. The van der Waals surface area contributed by atoms with E-state index in [9.17, 15) is 0 Å². The molecule has 1 aromatic heterocycles. The standard InChI is InChI=1S/C9H6Cl2N4/c10-7-2-1-6(8(11)3-7)4-12-9-13-5-14-15-9/h1-5H,(H,13,14,15)/b12-4-. The van der Waals surface area contributed by atoms with Crippen LogP contribution in [0.25, 0.3) is 0 Å². The average molecular weight is 241 g/mol. The number of nitrogens with zero attached hydrogens (tertiary/aromatic N) is 3. The van der Waals surface area contributed by atoms with Gasteiger partial charge in [-0.25, -0.2) is 10.1 Å².